The highest BCUT2D eigenvalue weighted by atomic mass is 16.5. The van der Waals surface area contributed by atoms with Gasteiger partial charge in [0, 0.05) is 25.4 Å². The molecule has 0 saturated carbocycles. The smallest absolute Gasteiger partial charge is 0.257 e. The number of methoxy groups -OCH3 is 2. The highest BCUT2D eigenvalue weighted by Gasteiger charge is 2.13. The third kappa shape index (κ3) is 5.04. The number of rotatable bonds is 8. The molecule has 0 bridgehead atoms. The number of anilines is 2. The lowest BCUT2D eigenvalue weighted by molar-refractivity contribution is 0.102. The summed E-state index contributed by atoms with van der Waals surface area (Å²) in [6, 6.07) is 19.1. The monoisotopic (exact) mass is 391 g/mol. The molecule has 0 unspecified atom stereocenters. The van der Waals surface area contributed by atoms with Crippen molar-refractivity contribution >= 4 is 17.4 Å². The number of aromatic nitrogens is 1. The summed E-state index contributed by atoms with van der Waals surface area (Å²) in [6.07, 6.45) is 1.59. The van der Waals surface area contributed by atoms with E-state index in [0.717, 1.165) is 18.9 Å². The Balaban J connectivity index is 1.73. The van der Waals surface area contributed by atoms with Gasteiger partial charge in [0.05, 0.1) is 25.5 Å². The maximum absolute atomic E-state index is 12.7. The Bertz CT molecular complexity index is 943. The minimum Gasteiger partial charge on any atom is -0.497 e. The largest absolute Gasteiger partial charge is 0.497 e. The van der Waals surface area contributed by atoms with Gasteiger partial charge in [0.25, 0.3) is 5.91 Å². The van der Waals surface area contributed by atoms with Crippen LogP contribution < -0.4 is 19.7 Å². The molecule has 1 heterocycles. The van der Waals surface area contributed by atoms with Gasteiger partial charge in [-0.25, -0.2) is 4.98 Å². The number of hydrogen-bond donors (Lipinski definition) is 1. The summed E-state index contributed by atoms with van der Waals surface area (Å²) in [7, 11) is 3.13. The number of amides is 1. The fourth-order valence-corrected chi connectivity index (χ4v) is 2.97. The Labute approximate surface area is 171 Å². The third-order valence-electron chi connectivity index (χ3n) is 4.59. The zero-order valence-electron chi connectivity index (χ0n) is 16.9. The quantitative estimate of drug-likeness (QED) is 0.617. The first-order chi connectivity index (χ1) is 14.1. The van der Waals surface area contributed by atoms with Crippen molar-refractivity contribution in [2.75, 3.05) is 31.0 Å². The first-order valence-corrected chi connectivity index (χ1v) is 9.43. The first kappa shape index (κ1) is 20.2. The number of carbonyl (C=O) groups is 1. The van der Waals surface area contributed by atoms with Crippen LogP contribution in [0.5, 0.6) is 11.5 Å². The molecule has 0 fully saturated rings. The van der Waals surface area contributed by atoms with Gasteiger partial charge in [0.2, 0.25) is 0 Å². The molecule has 0 spiro atoms. The van der Waals surface area contributed by atoms with E-state index in [0.29, 0.717) is 22.7 Å². The lowest BCUT2D eigenvalue weighted by atomic mass is 10.2. The second-order valence-corrected chi connectivity index (χ2v) is 6.43. The van der Waals surface area contributed by atoms with Crippen LogP contribution in [-0.2, 0) is 6.54 Å². The minimum atomic E-state index is -0.262. The SMILES string of the molecule is CCN(Cc1ccccc1)c1ccc(C(=O)Nc2cc(OC)ccc2OC)cn1. The number of benzene rings is 2. The maximum Gasteiger partial charge on any atom is 0.257 e. The fourth-order valence-electron chi connectivity index (χ4n) is 2.97. The molecular formula is C23H25N3O3. The third-order valence-corrected chi connectivity index (χ3v) is 4.59. The molecule has 0 aliphatic carbocycles. The van der Waals surface area contributed by atoms with Crippen LogP contribution in [0.4, 0.5) is 11.5 Å². The summed E-state index contributed by atoms with van der Waals surface area (Å²) in [5, 5.41) is 2.86. The normalized spacial score (nSPS) is 10.3. The zero-order chi connectivity index (χ0) is 20.6. The van der Waals surface area contributed by atoms with Crippen LogP contribution in [0.2, 0.25) is 0 Å². The van der Waals surface area contributed by atoms with E-state index in [4.69, 9.17) is 9.47 Å². The number of carbonyl (C=O) groups excluding carboxylic acids is 1. The molecule has 6 nitrogen and oxygen atoms in total. The van der Waals surface area contributed by atoms with E-state index in [-0.39, 0.29) is 5.91 Å². The van der Waals surface area contributed by atoms with Crippen LogP contribution in [-0.4, -0.2) is 31.7 Å². The van der Waals surface area contributed by atoms with E-state index in [2.05, 4.69) is 34.3 Å². The Morgan fingerprint density at radius 1 is 1.03 bits per heavy atom. The molecule has 3 rings (SSSR count). The van der Waals surface area contributed by atoms with Gasteiger partial charge < -0.3 is 19.7 Å². The second kappa shape index (κ2) is 9.59. The van der Waals surface area contributed by atoms with Crippen molar-refractivity contribution < 1.29 is 14.3 Å². The number of ether oxygens (including phenoxy) is 2. The molecule has 3 aromatic rings. The van der Waals surface area contributed by atoms with E-state index >= 15 is 0 Å². The van der Waals surface area contributed by atoms with Crippen molar-refractivity contribution in [3.63, 3.8) is 0 Å². The standard InChI is InChI=1S/C23H25N3O3/c1-4-26(16-17-8-6-5-7-9-17)22-13-10-18(15-24-22)23(27)25-20-14-19(28-2)11-12-21(20)29-3/h5-15H,4,16H2,1-3H3,(H,25,27). The molecule has 0 atom stereocenters. The highest BCUT2D eigenvalue weighted by Crippen LogP contribution is 2.29. The van der Waals surface area contributed by atoms with Gasteiger partial charge >= 0.3 is 0 Å². The Kier molecular flexibility index (Phi) is 6.68. The van der Waals surface area contributed by atoms with Crippen molar-refractivity contribution in [1.29, 1.82) is 0 Å². The number of nitrogens with one attached hydrogen (secondary N) is 1. The van der Waals surface area contributed by atoms with Gasteiger partial charge in [-0.2, -0.15) is 0 Å². The van der Waals surface area contributed by atoms with E-state index in [1.54, 1.807) is 44.7 Å². The van der Waals surface area contributed by atoms with Crippen molar-refractivity contribution in [2.45, 2.75) is 13.5 Å². The van der Waals surface area contributed by atoms with E-state index in [1.165, 1.54) is 5.56 Å². The summed E-state index contributed by atoms with van der Waals surface area (Å²) < 4.78 is 10.5. The Morgan fingerprint density at radius 3 is 2.45 bits per heavy atom. The first-order valence-electron chi connectivity index (χ1n) is 9.43. The van der Waals surface area contributed by atoms with Gasteiger partial charge in [-0.05, 0) is 36.8 Å². The van der Waals surface area contributed by atoms with Gasteiger partial charge in [0.1, 0.15) is 17.3 Å². The molecule has 6 heteroatoms. The van der Waals surface area contributed by atoms with Crippen LogP contribution in [0, 0.1) is 0 Å². The van der Waals surface area contributed by atoms with Crippen molar-refractivity contribution in [3.05, 3.63) is 78.0 Å². The number of hydrogen-bond acceptors (Lipinski definition) is 5. The summed E-state index contributed by atoms with van der Waals surface area (Å²) in [5.41, 5.74) is 2.22. The van der Waals surface area contributed by atoms with Crippen molar-refractivity contribution in [1.82, 2.24) is 4.98 Å². The number of pyridine rings is 1. The lowest BCUT2D eigenvalue weighted by Gasteiger charge is -2.22. The molecule has 29 heavy (non-hydrogen) atoms. The predicted molar refractivity (Wildman–Crippen MR) is 115 cm³/mol. The van der Waals surface area contributed by atoms with Gasteiger partial charge in [-0.3, -0.25) is 4.79 Å². The van der Waals surface area contributed by atoms with Gasteiger partial charge in [-0.1, -0.05) is 30.3 Å². The lowest BCUT2D eigenvalue weighted by Crippen LogP contribution is -2.23. The van der Waals surface area contributed by atoms with Crippen LogP contribution in [0.1, 0.15) is 22.8 Å². The summed E-state index contributed by atoms with van der Waals surface area (Å²) in [6.45, 7) is 3.66. The molecule has 0 radical (unpaired) electrons. The van der Waals surface area contributed by atoms with E-state index in [1.807, 2.05) is 24.3 Å². The van der Waals surface area contributed by atoms with Crippen LogP contribution in [0.25, 0.3) is 0 Å². The van der Waals surface area contributed by atoms with Gasteiger partial charge in [0.15, 0.2) is 0 Å². The molecular weight excluding hydrogens is 366 g/mol. The molecule has 2 aromatic carbocycles. The molecule has 1 N–H and O–H groups in total. The van der Waals surface area contributed by atoms with Gasteiger partial charge in [-0.15, -0.1) is 0 Å². The Morgan fingerprint density at radius 2 is 1.83 bits per heavy atom. The fraction of sp³-hybridized carbons (Fsp3) is 0.217. The number of nitrogens with zero attached hydrogens (tertiary/aromatic N) is 2. The average Bonchev–Trinajstić information content (AvgIpc) is 2.78. The second-order valence-electron chi connectivity index (χ2n) is 6.43. The molecule has 1 aromatic heterocycles. The zero-order valence-corrected chi connectivity index (χ0v) is 16.9. The van der Waals surface area contributed by atoms with E-state index in [9.17, 15) is 4.79 Å². The minimum absolute atomic E-state index is 0.262. The van der Waals surface area contributed by atoms with E-state index < -0.39 is 0 Å². The van der Waals surface area contributed by atoms with Crippen LogP contribution in [0.3, 0.4) is 0 Å². The summed E-state index contributed by atoms with van der Waals surface area (Å²) in [5.74, 6) is 1.76. The molecule has 1 amide bonds. The van der Waals surface area contributed by atoms with Crippen molar-refractivity contribution in [2.24, 2.45) is 0 Å². The predicted octanol–water partition coefficient (Wildman–Crippen LogP) is 4.38. The molecule has 0 saturated heterocycles. The maximum atomic E-state index is 12.7. The Hall–Kier alpha value is -3.54. The molecule has 0 aliphatic heterocycles. The molecule has 0 aliphatic rings. The topological polar surface area (TPSA) is 63.7 Å². The molecule has 150 valence electrons. The van der Waals surface area contributed by atoms with Crippen molar-refractivity contribution in [3.8, 4) is 11.5 Å². The summed E-state index contributed by atoms with van der Waals surface area (Å²) >= 11 is 0. The van der Waals surface area contributed by atoms with Crippen LogP contribution >= 0.6 is 0 Å². The van der Waals surface area contributed by atoms with Crippen LogP contribution in [0.15, 0.2) is 66.9 Å². The average molecular weight is 391 g/mol. The highest BCUT2D eigenvalue weighted by molar-refractivity contribution is 6.05. The summed E-state index contributed by atoms with van der Waals surface area (Å²) in [4.78, 5) is 19.3.